The topological polar surface area (TPSA) is 68.5 Å². The Balaban J connectivity index is 1.84. The van der Waals surface area contributed by atoms with Crippen LogP contribution in [0, 0.1) is 5.92 Å². The van der Waals surface area contributed by atoms with Crippen LogP contribution in [-0.2, 0) is 22.4 Å². The summed E-state index contributed by atoms with van der Waals surface area (Å²) in [7, 11) is 0. The molecule has 1 amide bonds. The Kier molecular flexibility index (Phi) is 5.38. The van der Waals surface area contributed by atoms with E-state index in [1.807, 2.05) is 0 Å². The molecule has 6 heteroatoms. The smallest absolute Gasteiger partial charge is 0.341 e. The number of thiophene rings is 1. The fourth-order valence-electron chi connectivity index (χ4n) is 2.96. The van der Waals surface area contributed by atoms with E-state index in [0.717, 1.165) is 24.8 Å². The second-order valence-corrected chi connectivity index (χ2v) is 7.22. The van der Waals surface area contributed by atoms with Crippen LogP contribution in [0.25, 0.3) is 6.08 Å². The van der Waals surface area contributed by atoms with Crippen LogP contribution < -0.4 is 5.32 Å². The van der Waals surface area contributed by atoms with Gasteiger partial charge in [-0.1, -0.05) is 6.92 Å². The van der Waals surface area contributed by atoms with Crippen LogP contribution >= 0.6 is 11.3 Å². The molecule has 3 rings (SSSR count). The molecule has 0 fully saturated rings. The molecule has 2 aromatic heterocycles. The zero-order valence-electron chi connectivity index (χ0n) is 14.3. The van der Waals surface area contributed by atoms with Gasteiger partial charge in [0.1, 0.15) is 10.8 Å². The first-order valence-electron chi connectivity index (χ1n) is 8.42. The van der Waals surface area contributed by atoms with Gasteiger partial charge in [-0.25, -0.2) is 4.79 Å². The Morgan fingerprint density at radius 1 is 1.48 bits per heavy atom. The van der Waals surface area contributed by atoms with E-state index in [4.69, 9.17) is 9.15 Å². The van der Waals surface area contributed by atoms with Gasteiger partial charge >= 0.3 is 5.97 Å². The maximum atomic E-state index is 12.4. The molecule has 2 heterocycles. The van der Waals surface area contributed by atoms with Gasteiger partial charge in [0.05, 0.1) is 18.4 Å². The molecule has 0 bridgehead atoms. The minimum Gasteiger partial charge on any atom is -0.465 e. The van der Waals surface area contributed by atoms with Crippen molar-refractivity contribution >= 4 is 34.3 Å². The molecule has 0 unspecified atom stereocenters. The fourth-order valence-corrected chi connectivity index (χ4v) is 4.20. The first-order chi connectivity index (χ1) is 12.1. The Morgan fingerprint density at radius 2 is 2.32 bits per heavy atom. The highest BCUT2D eigenvalue weighted by Gasteiger charge is 2.29. The molecule has 1 aliphatic rings. The van der Waals surface area contributed by atoms with E-state index < -0.39 is 0 Å². The van der Waals surface area contributed by atoms with Gasteiger partial charge in [0.25, 0.3) is 0 Å². The summed E-state index contributed by atoms with van der Waals surface area (Å²) in [5, 5.41) is 3.41. The Labute approximate surface area is 150 Å². The van der Waals surface area contributed by atoms with Crippen LogP contribution in [0.1, 0.15) is 46.8 Å². The lowest BCUT2D eigenvalue weighted by molar-refractivity contribution is -0.111. The molecule has 1 aliphatic carbocycles. The molecule has 5 nitrogen and oxygen atoms in total. The number of hydrogen-bond acceptors (Lipinski definition) is 5. The maximum absolute atomic E-state index is 12.4. The standard InChI is InChI=1S/C19H21NO4S/c1-3-23-19(22)17-14-11-12(2)6-8-15(14)25-18(17)20-16(21)9-7-13-5-4-10-24-13/h4-5,7,9-10,12H,3,6,8,11H2,1-2H3,(H,20,21)/b9-7+/t12-/m1/s1. The minimum absolute atomic E-state index is 0.298. The fraction of sp³-hybridized carbons (Fsp3) is 0.368. The van der Waals surface area contributed by atoms with Gasteiger partial charge in [0, 0.05) is 11.0 Å². The van der Waals surface area contributed by atoms with Crippen molar-refractivity contribution in [3.05, 3.63) is 46.2 Å². The van der Waals surface area contributed by atoms with Gasteiger partial charge in [-0.05, 0) is 55.9 Å². The van der Waals surface area contributed by atoms with Crippen molar-refractivity contribution < 1.29 is 18.7 Å². The minimum atomic E-state index is -0.362. The normalized spacial score (nSPS) is 16.6. The third-order valence-electron chi connectivity index (χ3n) is 4.17. The maximum Gasteiger partial charge on any atom is 0.341 e. The zero-order chi connectivity index (χ0) is 17.8. The second kappa shape index (κ2) is 7.70. The van der Waals surface area contributed by atoms with Crippen LogP contribution in [-0.4, -0.2) is 18.5 Å². The molecule has 0 aromatic carbocycles. The van der Waals surface area contributed by atoms with Crippen molar-refractivity contribution in [1.29, 1.82) is 0 Å². The van der Waals surface area contributed by atoms with E-state index in [-0.39, 0.29) is 11.9 Å². The van der Waals surface area contributed by atoms with Gasteiger partial charge in [-0.2, -0.15) is 0 Å². The predicted octanol–water partition coefficient (Wildman–Crippen LogP) is 4.29. The van der Waals surface area contributed by atoms with Crippen LogP contribution in [0.3, 0.4) is 0 Å². The van der Waals surface area contributed by atoms with Gasteiger partial charge in [0.2, 0.25) is 5.91 Å². The molecule has 1 atom stereocenters. The summed E-state index contributed by atoms with van der Waals surface area (Å²) < 4.78 is 10.4. The molecule has 0 radical (unpaired) electrons. The second-order valence-electron chi connectivity index (χ2n) is 6.11. The Morgan fingerprint density at radius 3 is 3.04 bits per heavy atom. The zero-order valence-corrected chi connectivity index (χ0v) is 15.2. The number of nitrogens with one attached hydrogen (secondary N) is 1. The highest BCUT2D eigenvalue weighted by molar-refractivity contribution is 7.17. The monoisotopic (exact) mass is 359 g/mol. The van der Waals surface area contributed by atoms with E-state index in [9.17, 15) is 9.59 Å². The molecule has 2 aromatic rings. The average Bonchev–Trinajstić information content (AvgIpc) is 3.20. The van der Waals surface area contributed by atoms with Crippen LogP contribution in [0.4, 0.5) is 5.00 Å². The number of rotatable bonds is 5. The van der Waals surface area contributed by atoms with Crippen LogP contribution in [0.15, 0.2) is 28.9 Å². The lowest BCUT2D eigenvalue weighted by atomic mass is 9.88. The van der Waals surface area contributed by atoms with E-state index in [1.54, 1.807) is 31.4 Å². The molecular formula is C19H21NO4S. The SMILES string of the molecule is CCOC(=O)c1c(NC(=O)/C=C/c2ccco2)sc2c1C[C@H](C)CC2. The van der Waals surface area contributed by atoms with Crippen molar-refractivity contribution in [2.24, 2.45) is 5.92 Å². The van der Waals surface area contributed by atoms with Crippen LogP contribution in [0.5, 0.6) is 0 Å². The third-order valence-corrected chi connectivity index (χ3v) is 5.37. The first-order valence-corrected chi connectivity index (χ1v) is 9.24. The quantitative estimate of drug-likeness (QED) is 0.638. The van der Waals surface area contributed by atoms with Crippen molar-refractivity contribution in [3.63, 3.8) is 0 Å². The van der Waals surface area contributed by atoms with Crippen LogP contribution in [0.2, 0.25) is 0 Å². The molecule has 1 N–H and O–H groups in total. The van der Waals surface area contributed by atoms with Gasteiger partial charge in [0.15, 0.2) is 0 Å². The first kappa shape index (κ1) is 17.5. The largest absolute Gasteiger partial charge is 0.465 e. The van der Waals surface area contributed by atoms with Gasteiger partial charge in [-0.3, -0.25) is 4.79 Å². The van der Waals surface area contributed by atoms with Gasteiger partial charge in [-0.15, -0.1) is 11.3 Å². The highest BCUT2D eigenvalue weighted by Crippen LogP contribution is 2.40. The van der Waals surface area contributed by atoms with Crippen molar-refractivity contribution in [1.82, 2.24) is 0 Å². The van der Waals surface area contributed by atoms with E-state index in [0.29, 0.717) is 28.8 Å². The number of fused-ring (bicyclic) bond motifs is 1. The number of furan rings is 1. The van der Waals surface area contributed by atoms with E-state index >= 15 is 0 Å². The van der Waals surface area contributed by atoms with E-state index in [1.165, 1.54) is 22.3 Å². The summed E-state index contributed by atoms with van der Waals surface area (Å²) in [5.74, 6) is 0.464. The molecule has 0 saturated heterocycles. The van der Waals surface area contributed by atoms with E-state index in [2.05, 4.69) is 12.2 Å². The molecule has 0 aliphatic heterocycles. The molecule has 0 saturated carbocycles. The lowest BCUT2D eigenvalue weighted by Gasteiger charge is -2.18. The van der Waals surface area contributed by atoms with Crippen molar-refractivity contribution in [2.75, 3.05) is 11.9 Å². The third kappa shape index (κ3) is 4.02. The number of aryl methyl sites for hydroxylation is 1. The molecule has 0 spiro atoms. The lowest BCUT2D eigenvalue weighted by Crippen LogP contribution is -2.16. The van der Waals surface area contributed by atoms with Crippen molar-refractivity contribution in [2.45, 2.75) is 33.1 Å². The van der Waals surface area contributed by atoms with Crippen molar-refractivity contribution in [3.8, 4) is 0 Å². The molecule has 132 valence electrons. The Hall–Kier alpha value is -2.34. The Bertz CT molecular complexity index is 789. The summed E-state index contributed by atoms with van der Waals surface area (Å²) in [5.41, 5.74) is 1.56. The number of ether oxygens (including phenoxy) is 1. The highest BCUT2D eigenvalue weighted by atomic mass is 32.1. The number of hydrogen-bond donors (Lipinski definition) is 1. The average molecular weight is 359 g/mol. The number of carbonyl (C=O) groups excluding carboxylic acids is 2. The number of amides is 1. The summed E-state index contributed by atoms with van der Waals surface area (Å²) in [6.45, 7) is 4.27. The summed E-state index contributed by atoms with van der Waals surface area (Å²) in [4.78, 5) is 25.8. The molecule has 25 heavy (non-hydrogen) atoms. The van der Waals surface area contributed by atoms with Gasteiger partial charge < -0.3 is 14.5 Å². The summed E-state index contributed by atoms with van der Waals surface area (Å²) in [6.07, 6.45) is 7.42. The predicted molar refractivity (Wildman–Crippen MR) is 97.8 cm³/mol. The number of anilines is 1. The number of carbonyl (C=O) groups is 2. The molecular weight excluding hydrogens is 338 g/mol. The summed E-state index contributed by atoms with van der Waals surface area (Å²) >= 11 is 1.48. The number of esters is 1. The summed E-state index contributed by atoms with van der Waals surface area (Å²) in [6, 6.07) is 3.52.